The number of nitrogens with zero attached hydrogens (tertiary/aromatic N) is 1. The number of hydrogen-bond donors (Lipinski definition) is 1. The van der Waals surface area contributed by atoms with Gasteiger partial charge in [-0.25, -0.2) is 0 Å². The third-order valence-corrected chi connectivity index (χ3v) is 3.80. The second-order valence-corrected chi connectivity index (χ2v) is 5.46. The number of hydrogen-bond acceptors (Lipinski definition) is 3. The van der Waals surface area contributed by atoms with Crippen LogP contribution in [0.3, 0.4) is 0 Å². The predicted molar refractivity (Wildman–Crippen MR) is 79.8 cm³/mol. The van der Waals surface area contributed by atoms with Crippen LogP contribution in [0.15, 0.2) is 30.3 Å². The Hall–Kier alpha value is -1.88. The Morgan fingerprint density at radius 2 is 2.05 bits per heavy atom. The van der Waals surface area contributed by atoms with Gasteiger partial charge in [-0.2, -0.15) is 0 Å². The van der Waals surface area contributed by atoms with E-state index in [9.17, 15) is 9.59 Å². The van der Waals surface area contributed by atoms with E-state index in [1.165, 1.54) is 0 Å². The van der Waals surface area contributed by atoms with Gasteiger partial charge in [0, 0.05) is 20.0 Å². The number of benzene rings is 1. The Kier molecular flexibility index (Phi) is 4.96. The fraction of sp³-hybridized carbons (Fsp3) is 0.500. The van der Waals surface area contributed by atoms with Crippen molar-refractivity contribution in [2.75, 3.05) is 26.7 Å². The number of morpholine rings is 1. The molecule has 1 heterocycles. The highest BCUT2D eigenvalue weighted by Gasteiger charge is 2.39. The Labute approximate surface area is 125 Å². The molecule has 1 fully saturated rings. The minimum absolute atomic E-state index is 0.0669. The van der Waals surface area contributed by atoms with Crippen LogP contribution in [0, 0.1) is 0 Å². The third kappa shape index (κ3) is 3.82. The van der Waals surface area contributed by atoms with Crippen LogP contribution in [0.2, 0.25) is 0 Å². The lowest BCUT2D eigenvalue weighted by Crippen LogP contribution is -2.58. The highest BCUT2D eigenvalue weighted by Crippen LogP contribution is 2.19. The lowest BCUT2D eigenvalue weighted by atomic mass is 10.0. The maximum Gasteiger partial charge on any atom is 0.253 e. The van der Waals surface area contributed by atoms with Crippen molar-refractivity contribution in [2.45, 2.75) is 25.4 Å². The average molecular weight is 290 g/mol. The first-order chi connectivity index (χ1) is 10.0. The number of aryl methyl sites for hydroxylation is 1. The third-order valence-electron chi connectivity index (χ3n) is 3.80. The molecule has 1 atom stereocenters. The number of amides is 2. The molecular weight excluding hydrogens is 268 g/mol. The quantitative estimate of drug-likeness (QED) is 0.899. The molecule has 1 aromatic rings. The van der Waals surface area contributed by atoms with Crippen LogP contribution in [0.5, 0.6) is 0 Å². The molecule has 5 nitrogen and oxygen atoms in total. The summed E-state index contributed by atoms with van der Waals surface area (Å²) in [6, 6.07) is 9.93. The second-order valence-electron chi connectivity index (χ2n) is 5.46. The maximum absolute atomic E-state index is 12.3. The second kappa shape index (κ2) is 6.72. The van der Waals surface area contributed by atoms with Crippen LogP contribution in [0.1, 0.15) is 18.9 Å². The molecule has 5 heteroatoms. The van der Waals surface area contributed by atoms with Gasteiger partial charge in [0.25, 0.3) is 5.91 Å². The van der Waals surface area contributed by atoms with Crippen molar-refractivity contribution >= 4 is 11.8 Å². The van der Waals surface area contributed by atoms with Crippen LogP contribution in [-0.4, -0.2) is 49.1 Å². The maximum atomic E-state index is 12.3. The molecule has 0 bridgehead atoms. The fourth-order valence-corrected chi connectivity index (χ4v) is 2.54. The van der Waals surface area contributed by atoms with E-state index in [0.717, 1.165) is 5.56 Å². The van der Waals surface area contributed by atoms with Crippen LogP contribution in [0.4, 0.5) is 0 Å². The molecule has 0 aliphatic carbocycles. The van der Waals surface area contributed by atoms with Crippen molar-refractivity contribution in [2.24, 2.45) is 0 Å². The van der Waals surface area contributed by atoms with E-state index in [0.29, 0.717) is 32.5 Å². The highest BCUT2D eigenvalue weighted by molar-refractivity contribution is 5.86. The zero-order valence-electron chi connectivity index (χ0n) is 12.6. The van der Waals surface area contributed by atoms with E-state index >= 15 is 0 Å². The lowest BCUT2D eigenvalue weighted by Gasteiger charge is -2.39. The van der Waals surface area contributed by atoms with Gasteiger partial charge in [-0.15, -0.1) is 0 Å². The van der Waals surface area contributed by atoms with E-state index in [-0.39, 0.29) is 11.8 Å². The summed E-state index contributed by atoms with van der Waals surface area (Å²) in [7, 11) is 1.58. The first-order valence-electron chi connectivity index (χ1n) is 7.23. The molecule has 1 aromatic carbocycles. The zero-order chi connectivity index (χ0) is 15.3. The Morgan fingerprint density at radius 1 is 1.33 bits per heavy atom. The smallest absolute Gasteiger partial charge is 0.253 e. The van der Waals surface area contributed by atoms with Crippen molar-refractivity contribution in [1.29, 1.82) is 0 Å². The Bertz CT molecular complexity index is 504. The molecular formula is C16H22N2O3. The van der Waals surface area contributed by atoms with Crippen molar-refractivity contribution in [3.05, 3.63) is 35.9 Å². The standard InChI is InChI=1S/C16H22N2O3/c1-16(15(20)17-2)12-18(10-11-21-16)14(19)9-8-13-6-4-3-5-7-13/h3-7H,8-12H2,1-2H3,(H,17,20). The summed E-state index contributed by atoms with van der Waals surface area (Å²) in [5, 5.41) is 2.59. The first kappa shape index (κ1) is 15.5. The summed E-state index contributed by atoms with van der Waals surface area (Å²) in [6.07, 6.45) is 1.17. The van der Waals surface area contributed by atoms with Crippen molar-refractivity contribution in [1.82, 2.24) is 10.2 Å². The van der Waals surface area contributed by atoms with E-state index in [1.54, 1.807) is 18.9 Å². The first-order valence-corrected chi connectivity index (χ1v) is 7.23. The molecule has 1 aliphatic heterocycles. The molecule has 0 radical (unpaired) electrons. The van der Waals surface area contributed by atoms with E-state index in [2.05, 4.69) is 5.32 Å². The lowest BCUT2D eigenvalue weighted by molar-refractivity contribution is -0.162. The van der Waals surface area contributed by atoms with Crippen molar-refractivity contribution in [3.63, 3.8) is 0 Å². The van der Waals surface area contributed by atoms with E-state index in [4.69, 9.17) is 4.74 Å². The molecule has 1 N–H and O–H groups in total. The number of ether oxygens (including phenoxy) is 1. The molecule has 1 unspecified atom stereocenters. The number of carbonyl (C=O) groups excluding carboxylic acids is 2. The van der Waals surface area contributed by atoms with Gasteiger partial charge >= 0.3 is 0 Å². The molecule has 21 heavy (non-hydrogen) atoms. The van der Waals surface area contributed by atoms with Gasteiger partial charge in [0.1, 0.15) is 0 Å². The van der Waals surface area contributed by atoms with Gasteiger partial charge in [-0.05, 0) is 18.9 Å². The van der Waals surface area contributed by atoms with E-state index < -0.39 is 5.60 Å². The number of likely N-dealkylation sites (N-methyl/N-ethyl adjacent to an activating group) is 1. The zero-order valence-corrected chi connectivity index (χ0v) is 12.6. The van der Waals surface area contributed by atoms with Crippen LogP contribution < -0.4 is 5.32 Å². The minimum Gasteiger partial charge on any atom is -0.362 e. The molecule has 2 amide bonds. The fourth-order valence-electron chi connectivity index (χ4n) is 2.54. The van der Waals surface area contributed by atoms with Gasteiger partial charge in [0.15, 0.2) is 5.60 Å². The van der Waals surface area contributed by atoms with Gasteiger partial charge in [-0.1, -0.05) is 30.3 Å². The molecule has 0 saturated carbocycles. The number of carbonyl (C=O) groups is 2. The SMILES string of the molecule is CNC(=O)C1(C)CN(C(=O)CCc2ccccc2)CCO1. The van der Waals surface area contributed by atoms with Crippen molar-refractivity contribution in [3.8, 4) is 0 Å². The number of rotatable bonds is 4. The minimum atomic E-state index is -0.949. The number of nitrogens with one attached hydrogen (secondary N) is 1. The molecule has 0 spiro atoms. The summed E-state index contributed by atoms with van der Waals surface area (Å²) < 4.78 is 5.56. The monoisotopic (exact) mass is 290 g/mol. The Morgan fingerprint density at radius 3 is 2.71 bits per heavy atom. The summed E-state index contributed by atoms with van der Waals surface area (Å²) in [5.74, 6) is -0.125. The molecule has 1 aliphatic rings. The Balaban J connectivity index is 1.92. The molecule has 2 rings (SSSR count). The largest absolute Gasteiger partial charge is 0.362 e. The molecule has 0 aromatic heterocycles. The molecule has 114 valence electrons. The normalized spacial score (nSPS) is 21.9. The molecule has 1 saturated heterocycles. The van der Waals surface area contributed by atoms with Crippen molar-refractivity contribution < 1.29 is 14.3 Å². The van der Waals surface area contributed by atoms with E-state index in [1.807, 2.05) is 30.3 Å². The average Bonchev–Trinajstić information content (AvgIpc) is 2.52. The summed E-state index contributed by atoms with van der Waals surface area (Å²) in [4.78, 5) is 25.9. The van der Waals surface area contributed by atoms with Crippen LogP contribution in [0.25, 0.3) is 0 Å². The topological polar surface area (TPSA) is 58.6 Å². The van der Waals surface area contributed by atoms with Gasteiger partial charge in [0.2, 0.25) is 5.91 Å². The van der Waals surface area contributed by atoms with Crippen LogP contribution >= 0.6 is 0 Å². The highest BCUT2D eigenvalue weighted by atomic mass is 16.5. The summed E-state index contributed by atoms with van der Waals surface area (Å²) in [5.41, 5.74) is 0.197. The predicted octanol–water partition coefficient (Wildman–Crippen LogP) is 0.983. The van der Waals surface area contributed by atoms with Crippen LogP contribution in [-0.2, 0) is 20.7 Å². The van der Waals surface area contributed by atoms with Gasteiger partial charge in [-0.3, -0.25) is 9.59 Å². The summed E-state index contributed by atoms with van der Waals surface area (Å²) in [6.45, 7) is 2.96. The van der Waals surface area contributed by atoms with Gasteiger partial charge in [0.05, 0.1) is 13.2 Å². The van der Waals surface area contributed by atoms with Gasteiger partial charge < -0.3 is 15.0 Å². The summed E-state index contributed by atoms with van der Waals surface area (Å²) >= 11 is 0.